The van der Waals surface area contributed by atoms with Crippen LogP contribution in [0.2, 0.25) is 5.02 Å². The van der Waals surface area contributed by atoms with Crippen molar-refractivity contribution in [3.63, 3.8) is 0 Å². The van der Waals surface area contributed by atoms with Crippen molar-refractivity contribution in [2.75, 3.05) is 7.11 Å². The molecule has 2 heterocycles. The number of hydrogen-bond donors (Lipinski definition) is 1. The molecular weight excluding hydrogens is 336 g/mol. The molecule has 5 heteroatoms. The Bertz CT molecular complexity index is 789. The Morgan fingerprint density at radius 3 is 2.60 bits per heavy atom. The lowest BCUT2D eigenvalue weighted by atomic mass is 9.68. The predicted octanol–water partition coefficient (Wildman–Crippen LogP) is 4.03. The van der Waals surface area contributed by atoms with Gasteiger partial charge in [0.15, 0.2) is 0 Å². The summed E-state index contributed by atoms with van der Waals surface area (Å²) in [5.74, 6) is -0.828. The summed E-state index contributed by atoms with van der Waals surface area (Å²) in [7, 11) is 1.43. The minimum absolute atomic E-state index is 0.129. The van der Waals surface area contributed by atoms with Crippen molar-refractivity contribution in [2.24, 2.45) is 5.92 Å². The Kier molecular flexibility index (Phi) is 4.82. The van der Waals surface area contributed by atoms with Crippen LogP contribution in [0.4, 0.5) is 0 Å². The minimum Gasteiger partial charge on any atom is -0.469 e. The van der Waals surface area contributed by atoms with Gasteiger partial charge < -0.3 is 10.1 Å². The number of carbonyl (C=O) groups is 1. The van der Waals surface area contributed by atoms with Crippen molar-refractivity contribution in [1.29, 1.82) is 0 Å². The van der Waals surface area contributed by atoms with E-state index in [0.717, 1.165) is 16.8 Å². The topological polar surface area (TPSA) is 51.2 Å². The predicted molar refractivity (Wildman–Crippen MR) is 98.2 cm³/mol. The number of ether oxygens (including phenoxy) is 1. The van der Waals surface area contributed by atoms with Gasteiger partial charge in [0.25, 0.3) is 0 Å². The first-order chi connectivity index (χ1) is 12.0. The van der Waals surface area contributed by atoms with Gasteiger partial charge in [-0.05, 0) is 43.2 Å². The van der Waals surface area contributed by atoms with Crippen LogP contribution in [0.1, 0.15) is 30.9 Å². The highest BCUT2D eigenvalue weighted by molar-refractivity contribution is 6.30. The molecule has 1 aliphatic heterocycles. The van der Waals surface area contributed by atoms with Crippen LogP contribution in [0.5, 0.6) is 0 Å². The Hall–Kier alpha value is -2.33. The molecule has 130 valence electrons. The molecule has 1 aromatic carbocycles. The summed E-state index contributed by atoms with van der Waals surface area (Å²) in [6.07, 6.45) is 5.59. The summed E-state index contributed by atoms with van der Waals surface area (Å²) in [5.41, 5.74) is 2.34. The van der Waals surface area contributed by atoms with Gasteiger partial charge >= 0.3 is 5.97 Å². The maximum Gasteiger partial charge on any atom is 0.312 e. The largest absolute Gasteiger partial charge is 0.469 e. The van der Waals surface area contributed by atoms with Crippen LogP contribution in [0.3, 0.4) is 0 Å². The van der Waals surface area contributed by atoms with E-state index in [0.29, 0.717) is 5.02 Å². The second-order valence-electron chi connectivity index (χ2n) is 6.50. The van der Waals surface area contributed by atoms with Crippen LogP contribution in [0.25, 0.3) is 0 Å². The van der Waals surface area contributed by atoms with Crippen LogP contribution in [0.15, 0.2) is 60.6 Å². The highest BCUT2D eigenvalue weighted by Crippen LogP contribution is 2.44. The molecule has 0 amide bonds. The number of pyridine rings is 1. The third kappa shape index (κ3) is 3.27. The van der Waals surface area contributed by atoms with E-state index < -0.39 is 11.5 Å². The van der Waals surface area contributed by atoms with Crippen molar-refractivity contribution in [3.05, 3.63) is 76.7 Å². The summed E-state index contributed by atoms with van der Waals surface area (Å²) in [6, 6.07) is 11.5. The molecule has 0 saturated carbocycles. The van der Waals surface area contributed by atoms with Gasteiger partial charge in [0, 0.05) is 29.0 Å². The summed E-state index contributed by atoms with van der Waals surface area (Å²) in [4.78, 5) is 17.0. The fourth-order valence-corrected chi connectivity index (χ4v) is 3.78. The van der Waals surface area contributed by atoms with Crippen molar-refractivity contribution < 1.29 is 9.53 Å². The molecule has 0 fully saturated rings. The number of hydrogen-bond acceptors (Lipinski definition) is 4. The number of carbonyl (C=O) groups excluding carboxylic acids is 1. The standard InChI is InChI=1S/C20H21ClN2O2/c1-13-11-17(14-6-8-16(21)9-7-14)18(19(24)25-3)20(2,23-13)15-5-4-10-22-12-15/h4-12,17-18,23H,1-3H3. The molecule has 0 spiro atoms. The normalized spacial score (nSPS) is 25.7. The van der Waals surface area contributed by atoms with E-state index in [4.69, 9.17) is 16.3 Å². The van der Waals surface area contributed by atoms with Crippen LogP contribution in [-0.4, -0.2) is 18.1 Å². The molecule has 0 bridgehead atoms. The lowest BCUT2D eigenvalue weighted by Crippen LogP contribution is -2.53. The fourth-order valence-electron chi connectivity index (χ4n) is 3.66. The first-order valence-electron chi connectivity index (χ1n) is 8.16. The zero-order chi connectivity index (χ0) is 18.0. The maximum absolute atomic E-state index is 12.8. The summed E-state index contributed by atoms with van der Waals surface area (Å²) in [5, 5.41) is 4.15. The highest BCUT2D eigenvalue weighted by Gasteiger charge is 2.48. The van der Waals surface area contributed by atoms with Crippen molar-refractivity contribution in [1.82, 2.24) is 10.3 Å². The molecule has 2 aromatic rings. The van der Waals surface area contributed by atoms with E-state index >= 15 is 0 Å². The summed E-state index contributed by atoms with van der Waals surface area (Å²) in [6.45, 7) is 4.02. The average molecular weight is 357 g/mol. The number of nitrogens with one attached hydrogen (secondary N) is 1. The number of nitrogens with zero attached hydrogens (tertiary/aromatic N) is 1. The van der Waals surface area contributed by atoms with Gasteiger partial charge in [-0.25, -0.2) is 0 Å². The lowest BCUT2D eigenvalue weighted by Gasteiger charge is -2.45. The molecule has 1 aliphatic rings. The van der Waals surface area contributed by atoms with E-state index in [1.165, 1.54) is 7.11 Å². The SMILES string of the molecule is COC(=O)C1C(c2ccc(Cl)cc2)C=C(C)NC1(C)c1cccnc1. The van der Waals surface area contributed by atoms with Crippen LogP contribution in [0, 0.1) is 5.92 Å². The Balaban J connectivity index is 2.15. The second kappa shape index (κ2) is 6.89. The molecule has 0 radical (unpaired) electrons. The molecule has 3 unspecified atom stereocenters. The van der Waals surface area contributed by atoms with Crippen molar-refractivity contribution in [2.45, 2.75) is 25.3 Å². The second-order valence-corrected chi connectivity index (χ2v) is 6.93. The molecule has 25 heavy (non-hydrogen) atoms. The van der Waals surface area contributed by atoms with E-state index in [2.05, 4.69) is 16.4 Å². The van der Waals surface area contributed by atoms with Crippen molar-refractivity contribution in [3.8, 4) is 0 Å². The van der Waals surface area contributed by atoms with Gasteiger partial charge in [-0.3, -0.25) is 9.78 Å². The molecule has 3 rings (SSSR count). The molecular formula is C20H21ClN2O2. The van der Waals surface area contributed by atoms with Gasteiger partial charge in [0.05, 0.1) is 18.6 Å². The van der Waals surface area contributed by atoms with Crippen LogP contribution in [-0.2, 0) is 15.1 Å². The number of halogens is 1. The number of esters is 1. The van der Waals surface area contributed by atoms with E-state index in [9.17, 15) is 4.79 Å². The zero-order valence-electron chi connectivity index (χ0n) is 14.5. The van der Waals surface area contributed by atoms with Gasteiger partial charge in [0.2, 0.25) is 0 Å². The van der Waals surface area contributed by atoms with Gasteiger partial charge in [0.1, 0.15) is 0 Å². The summed E-state index contributed by atoms with van der Waals surface area (Å²) < 4.78 is 5.16. The number of aromatic nitrogens is 1. The van der Waals surface area contributed by atoms with Crippen LogP contribution >= 0.6 is 11.6 Å². The first-order valence-corrected chi connectivity index (χ1v) is 8.54. The number of benzene rings is 1. The monoisotopic (exact) mass is 356 g/mol. The number of methoxy groups -OCH3 is 1. The first kappa shape index (κ1) is 17.5. The summed E-state index contributed by atoms with van der Waals surface area (Å²) >= 11 is 6.03. The Morgan fingerprint density at radius 2 is 2.00 bits per heavy atom. The molecule has 4 nitrogen and oxygen atoms in total. The zero-order valence-corrected chi connectivity index (χ0v) is 15.2. The number of rotatable bonds is 3. The molecule has 1 aromatic heterocycles. The maximum atomic E-state index is 12.8. The van der Waals surface area contributed by atoms with E-state index in [1.54, 1.807) is 12.4 Å². The smallest absolute Gasteiger partial charge is 0.312 e. The van der Waals surface area contributed by atoms with Gasteiger partial charge in [-0.2, -0.15) is 0 Å². The third-order valence-electron chi connectivity index (χ3n) is 4.84. The quantitative estimate of drug-likeness (QED) is 0.843. The fraction of sp³-hybridized carbons (Fsp3) is 0.300. The van der Waals surface area contributed by atoms with Gasteiger partial charge in [-0.15, -0.1) is 0 Å². The minimum atomic E-state index is -0.634. The highest BCUT2D eigenvalue weighted by atomic mass is 35.5. The Labute approximate surface area is 152 Å². The third-order valence-corrected chi connectivity index (χ3v) is 5.09. The lowest BCUT2D eigenvalue weighted by molar-refractivity contribution is -0.149. The van der Waals surface area contributed by atoms with Gasteiger partial charge in [-0.1, -0.05) is 35.9 Å². The molecule has 0 aliphatic carbocycles. The molecule has 3 atom stereocenters. The van der Waals surface area contributed by atoms with E-state index in [-0.39, 0.29) is 11.9 Å². The van der Waals surface area contributed by atoms with Crippen LogP contribution < -0.4 is 5.32 Å². The average Bonchev–Trinajstić information content (AvgIpc) is 2.62. The van der Waals surface area contributed by atoms with E-state index in [1.807, 2.05) is 50.2 Å². The molecule has 1 N–H and O–H groups in total. The Morgan fingerprint density at radius 1 is 1.28 bits per heavy atom. The number of allylic oxidation sites excluding steroid dienone is 2. The molecule has 0 saturated heterocycles. The van der Waals surface area contributed by atoms with Crippen molar-refractivity contribution >= 4 is 17.6 Å².